The van der Waals surface area contributed by atoms with Crippen LogP contribution in [0.2, 0.25) is 6.32 Å². The van der Waals surface area contributed by atoms with Crippen LogP contribution >= 0.6 is 0 Å². The smallest absolute Gasteiger partial charge is 0.0561 e. The molecule has 11 heavy (non-hydrogen) atoms. The Labute approximate surface area is 73.2 Å². The Bertz CT molecular complexity index is 86.1. The van der Waals surface area contributed by atoms with Crippen LogP contribution in [0.4, 0.5) is 0 Å². The predicted molar refractivity (Wildman–Crippen MR) is 53.3 cm³/mol. The van der Waals surface area contributed by atoms with Gasteiger partial charge in [-0.2, -0.15) is 0 Å². The maximum Gasteiger partial charge on any atom is 0.0561 e. The Kier molecular flexibility index (Phi) is 5.75. The molecule has 0 aromatic carbocycles. The van der Waals surface area contributed by atoms with E-state index in [-0.39, 0.29) is 0 Å². The second kappa shape index (κ2) is 5.70. The molecule has 0 unspecified atom stereocenters. The quantitative estimate of drug-likeness (QED) is 0.534. The van der Waals surface area contributed by atoms with E-state index < -0.39 is 0 Å². The SMILES string of the molecule is [B][B]CCN(C(C)C)C(C)C. The van der Waals surface area contributed by atoms with Crippen LogP contribution in [0.15, 0.2) is 0 Å². The summed E-state index contributed by atoms with van der Waals surface area (Å²) in [5, 5.41) is 0. The van der Waals surface area contributed by atoms with Crippen LogP contribution in [-0.4, -0.2) is 38.4 Å². The summed E-state index contributed by atoms with van der Waals surface area (Å²) in [4.78, 5) is 2.43. The Morgan fingerprint density at radius 3 is 1.91 bits per heavy atom. The van der Waals surface area contributed by atoms with Gasteiger partial charge in [0.25, 0.3) is 0 Å². The van der Waals surface area contributed by atoms with Crippen molar-refractivity contribution in [3.63, 3.8) is 0 Å². The lowest BCUT2D eigenvalue weighted by atomic mass is 9.53. The molecule has 3 radical (unpaired) electrons. The zero-order valence-corrected chi connectivity index (χ0v) is 8.17. The van der Waals surface area contributed by atoms with Crippen LogP contribution in [0.1, 0.15) is 27.7 Å². The van der Waals surface area contributed by atoms with Crippen LogP contribution in [0.3, 0.4) is 0 Å². The summed E-state index contributed by atoms with van der Waals surface area (Å²) in [6.45, 7) is 9.95. The topological polar surface area (TPSA) is 3.24 Å². The summed E-state index contributed by atoms with van der Waals surface area (Å²) in [6.07, 6.45) is 0.982. The molecule has 3 heteroatoms. The van der Waals surface area contributed by atoms with Crippen molar-refractivity contribution in [3.8, 4) is 0 Å². The minimum Gasteiger partial charge on any atom is -0.299 e. The normalized spacial score (nSPS) is 11.5. The highest BCUT2D eigenvalue weighted by Crippen LogP contribution is 2.04. The molecule has 0 spiro atoms. The molecule has 0 aromatic rings. The van der Waals surface area contributed by atoms with Crippen molar-refractivity contribution >= 4 is 14.9 Å². The third kappa shape index (κ3) is 4.52. The van der Waals surface area contributed by atoms with Crippen LogP contribution in [0.25, 0.3) is 0 Å². The van der Waals surface area contributed by atoms with Gasteiger partial charge < -0.3 is 0 Å². The summed E-state index contributed by atoms with van der Waals surface area (Å²) in [5.41, 5.74) is 0. The Balaban J connectivity index is 3.70. The van der Waals surface area contributed by atoms with E-state index >= 15 is 0 Å². The zero-order chi connectivity index (χ0) is 8.85. The molecule has 0 rings (SSSR count). The third-order valence-electron chi connectivity index (χ3n) is 1.88. The molecule has 0 heterocycles. The van der Waals surface area contributed by atoms with Gasteiger partial charge in [0.15, 0.2) is 0 Å². The van der Waals surface area contributed by atoms with Gasteiger partial charge in [-0.25, -0.2) is 0 Å². The largest absolute Gasteiger partial charge is 0.299 e. The first-order chi connectivity index (χ1) is 5.09. The zero-order valence-electron chi connectivity index (χ0n) is 8.17. The average Bonchev–Trinajstić information content (AvgIpc) is 1.87. The summed E-state index contributed by atoms with van der Waals surface area (Å²) < 4.78 is 0. The van der Waals surface area contributed by atoms with E-state index in [2.05, 4.69) is 32.6 Å². The number of rotatable bonds is 5. The van der Waals surface area contributed by atoms with E-state index in [1.165, 1.54) is 0 Å². The van der Waals surface area contributed by atoms with Crippen molar-refractivity contribution in [3.05, 3.63) is 0 Å². The summed E-state index contributed by atoms with van der Waals surface area (Å²) >= 11 is 0. The van der Waals surface area contributed by atoms with Crippen molar-refractivity contribution in [2.45, 2.75) is 46.1 Å². The highest BCUT2D eigenvalue weighted by molar-refractivity contribution is 6.89. The highest BCUT2D eigenvalue weighted by Gasteiger charge is 2.11. The first kappa shape index (κ1) is 11.1. The first-order valence-corrected chi connectivity index (χ1v) is 4.38. The molecule has 1 nitrogen and oxygen atoms in total. The van der Waals surface area contributed by atoms with Gasteiger partial charge in [0.05, 0.1) is 7.17 Å². The van der Waals surface area contributed by atoms with E-state index in [0.717, 1.165) is 12.9 Å². The fraction of sp³-hybridized carbons (Fsp3) is 1.00. The fourth-order valence-corrected chi connectivity index (χ4v) is 1.34. The maximum atomic E-state index is 5.33. The summed E-state index contributed by atoms with van der Waals surface area (Å²) in [7, 11) is 7.06. The van der Waals surface area contributed by atoms with Crippen LogP contribution in [0.5, 0.6) is 0 Å². The van der Waals surface area contributed by atoms with Crippen molar-refractivity contribution in [1.82, 2.24) is 4.90 Å². The van der Waals surface area contributed by atoms with E-state index in [0.29, 0.717) is 12.1 Å². The molecule has 0 aliphatic heterocycles. The second-order valence-electron chi connectivity index (χ2n) is 3.45. The van der Waals surface area contributed by atoms with Crippen molar-refractivity contribution < 1.29 is 0 Å². The molecule has 0 N–H and O–H groups in total. The standard InChI is InChI=1S/C8H18B2N/c1-7(2)11(8(3)4)6-5-10-9/h7-8H,5-6H2,1-4H3. The van der Waals surface area contributed by atoms with E-state index in [1.54, 1.807) is 7.17 Å². The molecule has 0 aliphatic carbocycles. The lowest BCUT2D eigenvalue weighted by molar-refractivity contribution is 0.185. The number of hydrogen-bond acceptors (Lipinski definition) is 1. The molecule has 0 atom stereocenters. The van der Waals surface area contributed by atoms with Crippen LogP contribution < -0.4 is 0 Å². The molecule has 0 saturated carbocycles. The van der Waals surface area contributed by atoms with E-state index in [4.69, 9.17) is 7.74 Å². The lowest BCUT2D eigenvalue weighted by Gasteiger charge is -2.30. The third-order valence-corrected chi connectivity index (χ3v) is 1.88. The van der Waals surface area contributed by atoms with Crippen molar-refractivity contribution in [2.24, 2.45) is 0 Å². The summed E-state index contributed by atoms with van der Waals surface area (Å²) in [6, 6.07) is 1.24. The van der Waals surface area contributed by atoms with Gasteiger partial charge in [0.1, 0.15) is 0 Å². The van der Waals surface area contributed by atoms with Gasteiger partial charge in [0, 0.05) is 19.8 Å². The van der Waals surface area contributed by atoms with Gasteiger partial charge >= 0.3 is 0 Å². The molecule has 0 amide bonds. The predicted octanol–water partition coefficient (Wildman–Crippen LogP) is 1.31. The minimum absolute atomic E-state index is 0.620. The minimum atomic E-state index is 0.620. The molecule has 0 aliphatic rings. The van der Waals surface area contributed by atoms with Crippen molar-refractivity contribution in [1.29, 1.82) is 0 Å². The first-order valence-electron chi connectivity index (χ1n) is 4.38. The van der Waals surface area contributed by atoms with Crippen molar-refractivity contribution in [2.75, 3.05) is 6.54 Å². The molecular weight excluding hydrogens is 132 g/mol. The molecule has 0 saturated heterocycles. The maximum absolute atomic E-state index is 5.33. The van der Waals surface area contributed by atoms with E-state index in [9.17, 15) is 0 Å². The van der Waals surface area contributed by atoms with Gasteiger partial charge in [-0.15, -0.1) is 0 Å². The second-order valence-corrected chi connectivity index (χ2v) is 3.45. The van der Waals surface area contributed by atoms with Crippen LogP contribution in [-0.2, 0) is 0 Å². The summed E-state index contributed by atoms with van der Waals surface area (Å²) in [5.74, 6) is 0. The number of hydrogen-bond donors (Lipinski definition) is 0. The molecule has 0 fully saturated rings. The average molecular weight is 150 g/mol. The molecule has 0 bridgehead atoms. The Hall–Kier alpha value is 0.0899. The van der Waals surface area contributed by atoms with Gasteiger partial charge in [-0.3, -0.25) is 4.90 Å². The van der Waals surface area contributed by atoms with E-state index in [1.807, 2.05) is 0 Å². The lowest BCUT2D eigenvalue weighted by Crippen LogP contribution is -2.37. The van der Waals surface area contributed by atoms with Gasteiger partial charge in [0.2, 0.25) is 0 Å². The molecule has 61 valence electrons. The molecule has 0 aromatic heterocycles. The van der Waals surface area contributed by atoms with Crippen LogP contribution in [0, 0.1) is 0 Å². The number of nitrogens with zero attached hydrogens (tertiary/aromatic N) is 1. The molecular formula is C8H18B2N. The highest BCUT2D eigenvalue weighted by atomic mass is 15.2. The Morgan fingerprint density at radius 1 is 1.18 bits per heavy atom. The van der Waals surface area contributed by atoms with Gasteiger partial charge in [-0.1, -0.05) is 6.32 Å². The monoisotopic (exact) mass is 150 g/mol. The Morgan fingerprint density at radius 2 is 1.64 bits per heavy atom. The van der Waals surface area contributed by atoms with Gasteiger partial charge in [-0.05, 0) is 34.2 Å². The fourth-order valence-electron chi connectivity index (χ4n) is 1.34.